The minimum atomic E-state index is -4.94. The highest BCUT2D eigenvalue weighted by Gasteiger charge is 2.59. The zero-order valence-corrected chi connectivity index (χ0v) is 7.20. The van der Waals surface area contributed by atoms with Crippen LogP contribution in [0.1, 0.15) is 6.92 Å². The first kappa shape index (κ1) is 10.7. The lowest BCUT2D eigenvalue weighted by atomic mass is 10.2. The molecule has 6 heteroatoms. The Morgan fingerprint density at radius 3 is 2.54 bits per heavy atom. The maximum Gasteiger partial charge on any atom is 0.449 e. The van der Waals surface area contributed by atoms with E-state index < -0.39 is 18.6 Å². The number of hydrogen-bond acceptors (Lipinski definition) is 2. The molecule has 1 aliphatic rings. The highest BCUT2D eigenvalue weighted by molar-refractivity contribution is 4.84. The summed E-state index contributed by atoms with van der Waals surface area (Å²) in [7, 11) is 0. The van der Waals surface area contributed by atoms with Crippen LogP contribution in [0.2, 0.25) is 0 Å². The average Bonchev–Trinajstić information content (AvgIpc) is 2.02. The van der Waals surface area contributed by atoms with Gasteiger partial charge in [-0.25, -0.2) is 4.39 Å². The third kappa shape index (κ3) is 2.11. The van der Waals surface area contributed by atoms with Crippen LogP contribution in [0.15, 0.2) is 0 Å². The van der Waals surface area contributed by atoms with Gasteiger partial charge in [0.2, 0.25) is 0 Å². The van der Waals surface area contributed by atoms with Crippen molar-refractivity contribution in [1.29, 1.82) is 0 Å². The molecule has 0 saturated carbocycles. The van der Waals surface area contributed by atoms with E-state index in [2.05, 4.69) is 4.74 Å². The largest absolute Gasteiger partial charge is 0.449 e. The summed E-state index contributed by atoms with van der Waals surface area (Å²) in [5.41, 5.74) is 0. The van der Waals surface area contributed by atoms with Crippen LogP contribution in [0.25, 0.3) is 0 Å². The van der Waals surface area contributed by atoms with E-state index in [-0.39, 0.29) is 6.61 Å². The van der Waals surface area contributed by atoms with Crippen LogP contribution in [0.4, 0.5) is 17.6 Å². The Morgan fingerprint density at radius 1 is 1.46 bits per heavy atom. The summed E-state index contributed by atoms with van der Waals surface area (Å²) >= 11 is 0. The molecule has 1 atom stereocenters. The van der Waals surface area contributed by atoms with Gasteiger partial charge in [0.05, 0.1) is 13.2 Å². The second kappa shape index (κ2) is 3.42. The zero-order valence-electron chi connectivity index (χ0n) is 7.20. The molecular formula is C7H11F4NO. The Bertz CT molecular complexity index is 184. The fraction of sp³-hybridized carbons (Fsp3) is 1.00. The van der Waals surface area contributed by atoms with Crippen molar-refractivity contribution < 1.29 is 22.3 Å². The van der Waals surface area contributed by atoms with Crippen LogP contribution in [-0.4, -0.2) is 43.2 Å². The number of hydrogen-bond donors (Lipinski definition) is 0. The lowest BCUT2D eigenvalue weighted by Crippen LogP contribution is -2.57. The lowest BCUT2D eigenvalue weighted by Gasteiger charge is -2.37. The van der Waals surface area contributed by atoms with Crippen molar-refractivity contribution in [2.75, 3.05) is 26.2 Å². The molecule has 0 aromatic rings. The normalized spacial score (nSPS) is 32.1. The van der Waals surface area contributed by atoms with Crippen molar-refractivity contribution in [3.63, 3.8) is 0 Å². The molecule has 0 bridgehead atoms. The fourth-order valence-electron chi connectivity index (χ4n) is 1.19. The Labute approximate surface area is 73.5 Å². The SMILES string of the molecule is CCN1CCOC(F)(C(F)(F)F)C1. The van der Waals surface area contributed by atoms with E-state index in [0.29, 0.717) is 13.1 Å². The number of nitrogens with zero attached hydrogens (tertiary/aromatic N) is 1. The Hall–Kier alpha value is -0.360. The van der Waals surface area contributed by atoms with Crippen LogP contribution in [0, 0.1) is 0 Å². The quantitative estimate of drug-likeness (QED) is 0.597. The molecule has 1 fully saturated rings. The summed E-state index contributed by atoms with van der Waals surface area (Å²) in [6.07, 6.45) is -4.94. The molecule has 0 aromatic carbocycles. The third-order valence-electron chi connectivity index (χ3n) is 2.04. The van der Waals surface area contributed by atoms with Gasteiger partial charge in [-0.3, -0.25) is 4.90 Å². The van der Waals surface area contributed by atoms with Crippen molar-refractivity contribution in [2.24, 2.45) is 0 Å². The first-order chi connectivity index (χ1) is 5.89. The van der Waals surface area contributed by atoms with E-state index in [1.54, 1.807) is 6.92 Å². The van der Waals surface area contributed by atoms with Gasteiger partial charge in [0.25, 0.3) is 0 Å². The molecule has 1 rings (SSSR count). The van der Waals surface area contributed by atoms with E-state index in [0.717, 1.165) is 0 Å². The molecular weight excluding hydrogens is 190 g/mol. The predicted octanol–water partition coefficient (Wildman–Crippen LogP) is 1.57. The second-order valence-electron chi connectivity index (χ2n) is 2.94. The molecule has 0 aromatic heterocycles. The second-order valence-corrected chi connectivity index (χ2v) is 2.94. The summed E-state index contributed by atoms with van der Waals surface area (Å²) in [6, 6.07) is 0. The number of morpholine rings is 1. The fourth-order valence-corrected chi connectivity index (χ4v) is 1.19. The summed E-state index contributed by atoms with van der Waals surface area (Å²) < 4.78 is 53.6. The summed E-state index contributed by atoms with van der Waals surface area (Å²) in [4.78, 5) is 1.37. The molecule has 1 aliphatic heterocycles. The summed E-state index contributed by atoms with van der Waals surface area (Å²) in [5, 5.41) is 0. The molecule has 2 nitrogen and oxygen atoms in total. The van der Waals surface area contributed by atoms with Gasteiger partial charge in [0, 0.05) is 6.54 Å². The van der Waals surface area contributed by atoms with Gasteiger partial charge < -0.3 is 4.74 Å². The number of rotatable bonds is 1. The standard InChI is InChI=1S/C7H11F4NO/c1-2-12-3-4-13-6(8,5-12)7(9,10)11/h2-5H2,1H3. The average molecular weight is 201 g/mol. The van der Waals surface area contributed by atoms with Gasteiger partial charge in [-0.15, -0.1) is 0 Å². The minimum absolute atomic E-state index is 0.218. The predicted molar refractivity (Wildman–Crippen MR) is 38.0 cm³/mol. The van der Waals surface area contributed by atoms with Gasteiger partial charge in [0.15, 0.2) is 0 Å². The smallest absolute Gasteiger partial charge is 0.337 e. The van der Waals surface area contributed by atoms with Crippen LogP contribution < -0.4 is 0 Å². The third-order valence-corrected chi connectivity index (χ3v) is 2.04. The van der Waals surface area contributed by atoms with Crippen LogP contribution in [0.3, 0.4) is 0 Å². The van der Waals surface area contributed by atoms with E-state index in [4.69, 9.17) is 0 Å². The van der Waals surface area contributed by atoms with Crippen molar-refractivity contribution in [1.82, 2.24) is 4.90 Å². The van der Waals surface area contributed by atoms with E-state index in [1.807, 2.05) is 0 Å². The number of ether oxygens (including phenoxy) is 1. The highest BCUT2D eigenvalue weighted by atomic mass is 19.4. The first-order valence-electron chi connectivity index (χ1n) is 4.01. The minimum Gasteiger partial charge on any atom is -0.337 e. The molecule has 0 radical (unpaired) electrons. The molecule has 0 N–H and O–H groups in total. The number of alkyl halides is 4. The molecule has 13 heavy (non-hydrogen) atoms. The maximum absolute atomic E-state index is 13.1. The molecule has 0 aliphatic carbocycles. The van der Waals surface area contributed by atoms with Crippen molar-refractivity contribution in [2.45, 2.75) is 19.0 Å². The topological polar surface area (TPSA) is 12.5 Å². The van der Waals surface area contributed by atoms with Crippen molar-refractivity contribution >= 4 is 0 Å². The Balaban J connectivity index is 2.68. The van der Waals surface area contributed by atoms with Crippen LogP contribution in [-0.2, 0) is 4.74 Å². The molecule has 1 saturated heterocycles. The van der Waals surface area contributed by atoms with Crippen molar-refractivity contribution in [3.05, 3.63) is 0 Å². The van der Waals surface area contributed by atoms with Gasteiger partial charge in [-0.2, -0.15) is 13.2 Å². The molecule has 0 spiro atoms. The highest BCUT2D eigenvalue weighted by Crippen LogP contribution is 2.37. The van der Waals surface area contributed by atoms with Gasteiger partial charge in [-0.05, 0) is 6.54 Å². The van der Waals surface area contributed by atoms with E-state index in [1.165, 1.54) is 4.90 Å². The first-order valence-corrected chi connectivity index (χ1v) is 4.01. The molecule has 1 heterocycles. The van der Waals surface area contributed by atoms with Gasteiger partial charge in [0.1, 0.15) is 0 Å². The number of likely N-dealkylation sites (N-methyl/N-ethyl adjacent to an activating group) is 1. The lowest BCUT2D eigenvalue weighted by molar-refractivity contribution is -0.348. The maximum atomic E-state index is 13.1. The zero-order chi connectivity index (χ0) is 10.1. The molecule has 1 unspecified atom stereocenters. The van der Waals surface area contributed by atoms with Gasteiger partial charge >= 0.3 is 12.0 Å². The summed E-state index contributed by atoms with van der Waals surface area (Å²) in [5.74, 6) is -3.48. The van der Waals surface area contributed by atoms with E-state index >= 15 is 0 Å². The molecule has 78 valence electrons. The van der Waals surface area contributed by atoms with Crippen LogP contribution >= 0.6 is 0 Å². The van der Waals surface area contributed by atoms with Crippen molar-refractivity contribution in [3.8, 4) is 0 Å². The van der Waals surface area contributed by atoms with E-state index in [9.17, 15) is 17.6 Å². The summed E-state index contributed by atoms with van der Waals surface area (Å²) in [6.45, 7) is 1.47. The Kier molecular flexibility index (Phi) is 2.82. The van der Waals surface area contributed by atoms with Crippen LogP contribution in [0.5, 0.6) is 0 Å². The monoisotopic (exact) mass is 201 g/mol. The molecule has 0 amide bonds. The number of halogens is 4. The van der Waals surface area contributed by atoms with Gasteiger partial charge in [-0.1, -0.05) is 6.92 Å². The Morgan fingerprint density at radius 2 is 2.08 bits per heavy atom.